The molecule has 2 aromatic rings. The Morgan fingerprint density at radius 1 is 1.17 bits per heavy atom. The number of carbonyl (C=O) groups excluding carboxylic acids is 1. The van der Waals surface area contributed by atoms with Gasteiger partial charge in [0.15, 0.2) is 5.76 Å². The highest BCUT2D eigenvalue weighted by molar-refractivity contribution is 6.02. The van der Waals surface area contributed by atoms with Gasteiger partial charge < -0.3 is 19.2 Å². The summed E-state index contributed by atoms with van der Waals surface area (Å²) in [5.41, 5.74) is 1.39. The van der Waals surface area contributed by atoms with Crippen molar-refractivity contribution in [1.29, 1.82) is 0 Å². The van der Waals surface area contributed by atoms with E-state index in [4.69, 9.17) is 4.42 Å². The Kier molecular flexibility index (Phi) is 5.04. The van der Waals surface area contributed by atoms with Crippen molar-refractivity contribution in [2.75, 3.05) is 25.0 Å². The van der Waals surface area contributed by atoms with Crippen LogP contribution in [0.5, 0.6) is 0 Å². The minimum Gasteiger partial charge on any atom is -0.459 e. The number of anilines is 1. The predicted octanol–water partition coefficient (Wildman–Crippen LogP) is 2.28. The van der Waals surface area contributed by atoms with Gasteiger partial charge in [-0.1, -0.05) is 19.3 Å². The summed E-state index contributed by atoms with van der Waals surface area (Å²) < 4.78 is 7.04. The van der Waals surface area contributed by atoms with Crippen LogP contribution in [0.1, 0.15) is 60.7 Å². The van der Waals surface area contributed by atoms with Crippen LogP contribution in [-0.2, 0) is 6.54 Å². The topological polar surface area (TPSA) is 68.7 Å². The molecule has 2 N–H and O–H groups in total. The second kappa shape index (κ2) is 7.82. The lowest BCUT2D eigenvalue weighted by Crippen LogP contribution is -3.15. The molecule has 1 amide bonds. The van der Waals surface area contributed by atoms with Gasteiger partial charge in [-0.05, 0) is 43.5 Å². The summed E-state index contributed by atoms with van der Waals surface area (Å²) in [6.07, 6.45) is 9.64. The van der Waals surface area contributed by atoms with Crippen molar-refractivity contribution < 1.29 is 14.1 Å². The first-order chi connectivity index (χ1) is 14.2. The van der Waals surface area contributed by atoms with E-state index in [0.29, 0.717) is 17.5 Å². The molecule has 0 spiro atoms. The fourth-order valence-corrected chi connectivity index (χ4v) is 5.82. The molecule has 2 aliphatic heterocycles. The smallest absolute Gasteiger partial charge is 0.291 e. The molecule has 0 aromatic carbocycles. The third-order valence-electron chi connectivity index (χ3n) is 7.09. The third kappa shape index (κ3) is 3.78. The zero-order chi connectivity index (χ0) is 19.8. The van der Waals surface area contributed by atoms with Crippen LogP contribution >= 0.6 is 0 Å². The number of pyridine rings is 1. The van der Waals surface area contributed by atoms with Crippen molar-refractivity contribution >= 4 is 11.6 Å². The third-order valence-corrected chi connectivity index (χ3v) is 7.09. The molecule has 6 nitrogen and oxygen atoms in total. The standard InChI is InChI=1S/C23H29N3O3/c27-22(21-7-4-10-29-21)24-19-8-9-20-18-11-17(14-26(20)23(19)28)13-25(15-18)12-16-5-2-1-3-6-16/h4,7-10,16-18H,1-3,5-6,11-15H2,(H,24,27)/p+1/t17-,18+/m0/s1. The fraction of sp³-hybridized carbons (Fsp3) is 0.565. The number of amides is 1. The van der Waals surface area contributed by atoms with E-state index in [2.05, 4.69) is 5.32 Å². The number of nitrogens with one attached hydrogen (secondary N) is 2. The zero-order valence-corrected chi connectivity index (χ0v) is 16.9. The molecular formula is C23H30N3O3+. The van der Waals surface area contributed by atoms with Crippen LogP contribution in [0.3, 0.4) is 0 Å². The summed E-state index contributed by atoms with van der Waals surface area (Å²) in [7, 11) is 0. The molecule has 1 unspecified atom stereocenters. The summed E-state index contributed by atoms with van der Waals surface area (Å²) >= 11 is 0. The number of likely N-dealkylation sites (tertiary alicyclic amines) is 1. The Morgan fingerprint density at radius 3 is 2.83 bits per heavy atom. The number of hydrogen-bond acceptors (Lipinski definition) is 3. The van der Waals surface area contributed by atoms with E-state index in [9.17, 15) is 9.59 Å². The Morgan fingerprint density at radius 2 is 2.03 bits per heavy atom. The summed E-state index contributed by atoms with van der Waals surface area (Å²) in [5.74, 6) is 1.72. The van der Waals surface area contributed by atoms with Crippen LogP contribution in [0.4, 0.5) is 5.69 Å². The van der Waals surface area contributed by atoms with Crippen LogP contribution in [0, 0.1) is 11.8 Å². The fourth-order valence-electron chi connectivity index (χ4n) is 5.82. The van der Waals surface area contributed by atoms with E-state index in [0.717, 1.165) is 24.7 Å². The molecule has 1 aliphatic carbocycles. The number of aromatic nitrogens is 1. The number of furan rings is 1. The minimum absolute atomic E-state index is 0.0900. The molecule has 0 radical (unpaired) electrons. The predicted molar refractivity (Wildman–Crippen MR) is 110 cm³/mol. The number of hydrogen-bond donors (Lipinski definition) is 2. The Hall–Kier alpha value is -2.34. The monoisotopic (exact) mass is 396 g/mol. The molecule has 1 saturated heterocycles. The van der Waals surface area contributed by atoms with Gasteiger partial charge >= 0.3 is 0 Å². The highest BCUT2D eigenvalue weighted by Crippen LogP contribution is 2.31. The second-order valence-electron chi connectivity index (χ2n) is 9.18. The molecule has 2 aromatic heterocycles. The van der Waals surface area contributed by atoms with Gasteiger partial charge in [0.05, 0.1) is 25.9 Å². The molecule has 3 atom stereocenters. The maximum Gasteiger partial charge on any atom is 0.291 e. The first-order valence-electron chi connectivity index (χ1n) is 11.1. The largest absolute Gasteiger partial charge is 0.459 e. The van der Waals surface area contributed by atoms with Crippen LogP contribution in [0.2, 0.25) is 0 Å². The van der Waals surface area contributed by atoms with Gasteiger partial charge in [-0.2, -0.15) is 0 Å². The quantitative estimate of drug-likeness (QED) is 0.833. The van der Waals surface area contributed by atoms with Crippen LogP contribution in [0.25, 0.3) is 0 Å². The van der Waals surface area contributed by atoms with E-state index in [1.165, 1.54) is 57.9 Å². The molecule has 5 rings (SSSR count). The van der Waals surface area contributed by atoms with Gasteiger partial charge in [0, 0.05) is 30.0 Å². The molecule has 6 heteroatoms. The van der Waals surface area contributed by atoms with Crippen molar-refractivity contribution in [3.8, 4) is 0 Å². The Balaban J connectivity index is 1.32. The van der Waals surface area contributed by atoms with Gasteiger partial charge in [0.25, 0.3) is 11.5 Å². The molecule has 1 saturated carbocycles. The molecular weight excluding hydrogens is 366 g/mol. The number of carbonyl (C=O) groups is 1. The zero-order valence-electron chi connectivity index (χ0n) is 16.9. The number of quaternary nitrogens is 1. The summed E-state index contributed by atoms with van der Waals surface area (Å²) in [5, 5.41) is 2.72. The normalized spacial score (nSPS) is 26.7. The minimum atomic E-state index is -0.383. The molecule has 29 heavy (non-hydrogen) atoms. The molecule has 3 aliphatic rings. The van der Waals surface area contributed by atoms with E-state index in [1.807, 2.05) is 10.6 Å². The van der Waals surface area contributed by atoms with E-state index < -0.39 is 0 Å². The lowest BCUT2D eigenvalue weighted by molar-refractivity contribution is -0.914. The van der Waals surface area contributed by atoms with Crippen molar-refractivity contribution in [2.24, 2.45) is 11.8 Å². The van der Waals surface area contributed by atoms with E-state index in [-0.39, 0.29) is 17.2 Å². The first kappa shape index (κ1) is 18.7. The van der Waals surface area contributed by atoms with Crippen LogP contribution in [-0.4, -0.2) is 30.1 Å². The average molecular weight is 397 g/mol. The lowest BCUT2D eigenvalue weighted by Gasteiger charge is -2.41. The van der Waals surface area contributed by atoms with Crippen molar-refractivity contribution in [3.63, 3.8) is 0 Å². The van der Waals surface area contributed by atoms with Crippen molar-refractivity contribution in [3.05, 3.63) is 52.3 Å². The van der Waals surface area contributed by atoms with Crippen molar-refractivity contribution in [1.82, 2.24) is 4.57 Å². The van der Waals surface area contributed by atoms with E-state index in [1.54, 1.807) is 23.1 Å². The van der Waals surface area contributed by atoms with E-state index >= 15 is 0 Å². The SMILES string of the molecule is O=C(Nc1ccc2n(c1=O)C[C@H]1C[C@@H]2C[NH+](CC2CCCCC2)C1)c1ccco1. The van der Waals surface area contributed by atoms with Gasteiger partial charge in [0.1, 0.15) is 5.69 Å². The van der Waals surface area contributed by atoms with Gasteiger partial charge in [-0.3, -0.25) is 9.59 Å². The van der Waals surface area contributed by atoms with Crippen LogP contribution < -0.4 is 15.8 Å². The number of nitrogens with zero attached hydrogens (tertiary/aromatic N) is 1. The Bertz CT molecular complexity index is 927. The first-order valence-corrected chi connectivity index (χ1v) is 11.1. The van der Waals surface area contributed by atoms with Gasteiger partial charge in [0.2, 0.25) is 0 Å². The maximum atomic E-state index is 13.1. The molecule has 2 bridgehead atoms. The maximum absolute atomic E-state index is 13.1. The van der Waals surface area contributed by atoms with Gasteiger partial charge in [-0.25, -0.2) is 0 Å². The lowest BCUT2D eigenvalue weighted by atomic mass is 9.81. The number of piperidine rings is 1. The molecule has 2 fully saturated rings. The number of rotatable bonds is 4. The summed E-state index contributed by atoms with van der Waals surface area (Å²) in [6, 6.07) is 7.07. The van der Waals surface area contributed by atoms with Gasteiger partial charge in [-0.15, -0.1) is 0 Å². The highest BCUT2D eigenvalue weighted by Gasteiger charge is 2.38. The average Bonchev–Trinajstić information content (AvgIpc) is 3.26. The van der Waals surface area contributed by atoms with Crippen molar-refractivity contribution in [2.45, 2.75) is 51.0 Å². The number of fused-ring (bicyclic) bond motifs is 4. The van der Waals surface area contributed by atoms with Crippen LogP contribution in [0.15, 0.2) is 39.7 Å². The summed E-state index contributed by atoms with van der Waals surface area (Å²) in [4.78, 5) is 27.1. The summed E-state index contributed by atoms with van der Waals surface area (Å²) in [6.45, 7) is 4.37. The molecule has 154 valence electrons. The molecule has 4 heterocycles. The Labute approximate surface area is 170 Å². The highest BCUT2D eigenvalue weighted by atomic mass is 16.3. The second-order valence-corrected chi connectivity index (χ2v) is 9.18.